The second kappa shape index (κ2) is 12.9. The Morgan fingerprint density at radius 3 is 2.04 bits per heavy atom. The summed E-state index contributed by atoms with van der Waals surface area (Å²) < 4.78 is 2.40. The van der Waals surface area contributed by atoms with Crippen LogP contribution in [0.1, 0.15) is 25.0 Å². The normalized spacial score (nSPS) is 12.8. The average molecular weight is 710 g/mol. The molecule has 264 valence electrons. The van der Waals surface area contributed by atoms with Crippen LogP contribution in [0.4, 0.5) is 17.1 Å². The molecule has 10 rings (SSSR count). The minimum atomic E-state index is -0.245. The highest BCUT2D eigenvalue weighted by molar-refractivity contribution is 6.15. The Kier molecular flexibility index (Phi) is 7.63. The maximum Gasteiger partial charge on any atom is 0.159 e. The molecule has 1 aliphatic rings. The first-order valence-corrected chi connectivity index (χ1v) is 18.8. The highest BCUT2D eigenvalue weighted by atomic mass is 15.6. The van der Waals surface area contributed by atoms with Gasteiger partial charge in [-0.1, -0.05) is 135 Å². The molecular weight excluding hydrogens is 671 g/mol. The largest absolute Gasteiger partial charge is 0.386 e. The van der Waals surface area contributed by atoms with Crippen LogP contribution in [0.5, 0.6) is 0 Å². The zero-order valence-electron chi connectivity index (χ0n) is 31.0. The zero-order valence-corrected chi connectivity index (χ0v) is 31.0. The molecule has 7 aromatic carbocycles. The monoisotopic (exact) mass is 709 g/mol. The molecule has 0 fully saturated rings. The van der Waals surface area contributed by atoms with Gasteiger partial charge in [-0.3, -0.25) is 0 Å². The molecule has 0 radical (unpaired) electrons. The number of fused-ring (bicyclic) bond motifs is 7. The van der Waals surface area contributed by atoms with Crippen molar-refractivity contribution < 1.29 is 0 Å². The molecule has 0 saturated carbocycles. The lowest BCUT2D eigenvalue weighted by molar-refractivity contribution is 0.666. The second-order valence-electron chi connectivity index (χ2n) is 14.7. The van der Waals surface area contributed by atoms with E-state index in [1.807, 2.05) is 37.5 Å². The molecule has 1 N–H and O–H groups in total. The van der Waals surface area contributed by atoms with Crippen LogP contribution in [0.15, 0.2) is 176 Å². The molecule has 2 aromatic heterocycles. The number of nitrogens with one attached hydrogen (secondary N) is 1. The molecule has 2 heterocycles. The Morgan fingerprint density at radius 2 is 1.27 bits per heavy atom. The van der Waals surface area contributed by atoms with Gasteiger partial charge in [0, 0.05) is 40.6 Å². The molecule has 0 spiro atoms. The highest BCUT2D eigenvalue weighted by Gasteiger charge is 2.39. The Balaban J connectivity index is 1.28. The molecule has 0 bridgehead atoms. The van der Waals surface area contributed by atoms with Crippen molar-refractivity contribution in [2.75, 3.05) is 17.4 Å². The van der Waals surface area contributed by atoms with Gasteiger partial charge in [0.2, 0.25) is 0 Å². The van der Waals surface area contributed by atoms with Crippen molar-refractivity contribution in [1.82, 2.24) is 14.6 Å². The fourth-order valence-electron chi connectivity index (χ4n) is 8.64. The third kappa shape index (κ3) is 5.23. The molecule has 0 unspecified atom stereocenters. The fraction of sp³-hybridized carbons (Fsp3) is 0.0800. The molecular formula is C50H39N5. The van der Waals surface area contributed by atoms with Gasteiger partial charge >= 0.3 is 0 Å². The number of nitrogens with zero attached hydrogens (tertiary/aromatic N) is 4. The summed E-state index contributed by atoms with van der Waals surface area (Å²) in [6.45, 7) is 4.76. The van der Waals surface area contributed by atoms with E-state index in [2.05, 4.69) is 174 Å². The van der Waals surface area contributed by atoms with Crippen LogP contribution in [0.3, 0.4) is 0 Å². The van der Waals surface area contributed by atoms with Crippen LogP contribution in [-0.4, -0.2) is 21.7 Å². The number of hydrogen-bond acceptors (Lipinski definition) is 4. The predicted octanol–water partition coefficient (Wildman–Crippen LogP) is 12.5. The minimum Gasteiger partial charge on any atom is -0.386 e. The van der Waals surface area contributed by atoms with Gasteiger partial charge in [-0.25, -0.2) is 19.7 Å². The number of rotatable bonds is 7. The maximum atomic E-state index is 5.09. The molecule has 0 saturated heterocycles. The Hall–Kier alpha value is -6.98. The van der Waals surface area contributed by atoms with Crippen LogP contribution in [-0.2, 0) is 5.41 Å². The number of benzene rings is 7. The third-order valence-corrected chi connectivity index (χ3v) is 11.2. The maximum absolute atomic E-state index is 5.09. The van der Waals surface area contributed by atoms with E-state index in [4.69, 9.17) is 9.97 Å². The molecule has 0 atom stereocenters. The molecule has 9 aromatic rings. The number of aromatic nitrogens is 3. The van der Waals surface area contributed by atoms with E-state index in [-0.39, 0.29) is 5.41 Å². The third-order valence-electron chi connectivity index (χ3n) is 11.2. The van der Waals surface area contributed by atoms with Crippen molar-refractivity contribution in [3.05, 3.63) is 187 Å². The summed E-state index contributed by atoms with van der Waals surface area (Å²) in [7, 11) is 1.99. The summed E-state index contributed by atoms with van der Waals surface area (Å²) in [5.74, 6) is 0.688. The predicted molar refractivity (Wildman–Crippen MR) is 229 cm³/mol. The van der Waals surface area contributed by atoms with E-state index < -0.39 is 0 Å². The standard InChI is InChI=1S/C50H39N5/c1-50(2)41-27-24-35(33-15-7-4-8-16-33)31-40(41)38-26-28-45-47(48(38)50)39-25-23-36(49-52-30-29-42(53-49)34-17-9-5-10-18-34)32-46(39)55(45)54(37-19-11-6-12-20-37)44-22-14-13-21-43(44)51-3/h4-32,51H,1-3H3. The quantitative estimate of drug-likeness (QED) is 0.179. The fourth-order valence-corrected chi connectivity index (χ4v) is 8.64. The van der Waals surface area contributed by atoms with Crippen molar-refractivity contribution >= 4 is 38.9 Å². The summed E-state index contributed by atoms with van der Waals surface area (Å²) in [6.07, 6.45) is 1.86. The number of anilines is 3. The Labute approximate surface area is 321 Å². The van der Waals surface area contributed by atoms with Gasteiger partial charge in [0.25, 0.3) is 0 Å². The lowest BCUT2D eigenvalue weighted by Crippen LogP contribution is -2.25. The van der Waals surface area contributed by atoms with Crippen molar-refractivity contribution in [3.63, 3.8) is 0 Å². The summed E-state index contributed by atoms with van der Waals surface area (Å²) in [4.78, 5) is 9.90. The average Bonchev–Trinajstić information content (AvgIpc) is 3.69. The highest BCUT2D eigenvalue weighted by Crippen LogP contribution is 2.54. The summed E-state index contributed by atoms with van der Waals surface area (Å²) >= 11 is 0. The first kappa shape index (κ1) is 32.7. The first-order chi connectivity index (χ1) is 27.0. The number of hydrogen-bond donors (Lipinski definition) is 1. The number of para-hydroxylation sites is 3. The summed E-state index contributed by atoms with van der Waals surface area (Å²) in [6, 6.07) is 60.5. The van der Waals surface area contributed by atoms with Gasteiger partial charge in [-0.15, -0.1) is 0 Å². The van der Waals surface area contributed by atoms with Gasteiger partial charge in [-0.05, 0) is 81.9 Å². The van der Waals surface area contributed by atoms with E-state index in [0.29, 0.717) is 5.82 Å². The van der Waals surface area contributed by atoms with Gasteiger partial charge < -0.3 is 5.32 Å². The second-order valence-corrected chi connectivity index (χ2v) is 14.7. The van der Waals surface area contributed by atoms with E-state index in [1.54, 1.807) is 0 Å². The Bertz CT molecular complexity index is 2880. The smallest absolute Gasteiger partial charge is 0.159 e. The van der Waals surface area contributed by atoms with Crippen molar-refractivity contribution in [2.45, 2.75) is 19.3 Å². The lowest BCUT2D eigenvalue weighted by atomic mass is 9.80. The van der Waals surface area contributed by atoms with Gasteiger partial charge in [0.05, 0.1) is 33.8 Å². The molecule has 1 aliphatic carbocycles. The van der Waals surface area contributed by atoms with Crippen LogP contribution >= 0.6 is 0 Å². The van der Waals surface area contributed by atoms with E-state index in [9.17, 15) is 0 Å². The van der Waals surface area contributed by atoms with Crippen LogP contribution in [0, 0.1) is 0 Å². The lowest BCUT2D eigenvalue weighted by Gasteiger charge is -2.30. The van der Waals surface area contributed by atoms with E-state index in [0.717, 1.165) is 44.9 Å². The van der Waals surface area contributed by atoms with Crippen LogP contribution in [0.2, 0.25) is 0 Å². The van der Waals surface area contributed by atoms with Gasteiger partial charge in [-0.2, -0.15) is 0 Å². The molecule has 5 nitrogen and oxygen atoms in total. The first-order valence-electron chi connectivity index (χ1n) is 18.8. The minimum absolute atomic E-state index is 0.245. The van der Waals surface area contributed by atoms with Crippen molar-refractivity contribution in [1.29, 1.82) is 0 Å². The summed E-state index contributed by atoms with van der Waals surface area (Å²) in [5, 5.41) is 8.25. The molecule has 55 heavy (non-hydrogen) atoms. The van der Waals surface area contributed by atoms with Gasteiger partial charge in [0.1, 0.15) is 0 Å². The van der Waals surface area contributed by atoms with Crippen LogP contribution < -0.4 is 10.3 Å². The van der Waals surface area contributed by atoms with Crippen molar-refractivity contribution in [3.8, 4) is 44.9 Å². The summed E-state index contributed by atoms with van der Waals surface area (Å²) in [5.41, 5.74) is 15.7. The topological polar surface area (TPSA) is 46.0 Å². The SMILES string of the molecule is CNc1ccccc1N(c1ccccc1)n1c2cc(-c3nccc(-c4ccccc4)n3)ccc2c2c3c(ccc21)-c1cc(-c2ccccc2)ccc1C3(C)C. The van der Waals surface area contributed by atoms with Crippen molar-refractivity contribution in [2.24, 2.45) is 0 Å². The van der Waals surface area contributed by atoms with Crippen LogP contribution in [0.25, 0.3) is 66.7 Å². The van der Waals surface area contributed by atoms with E-state index >= 15 is 0 Å². The molecule has 0 amide bonds. The molecule has 5 heteroatoms. The van der Waals surface area contributed by atoms with Gasteiger partial charge in [0.15, 0.2) is 5.82 Å². The Morgan fingerprint density at radius 1 is 0.582 bits per heavy atom. The van der Waals surface area contributed by atoms with E-state index in [1.165, 1.54) is 44.2 Å². The zero-order chi connectivity index (χ0) is 37.1. The molecule has 0 aliphatic heterocycles.